The summed E-state index contributed by atoms with van der Waals surface area (Å²) in [6, 6.07) is 0.878. The molecule has 0 aromatic rings. The van der Waals surface area contributed by atoms with E-state index in [1.165, 1.54) is 0 Å². The fourth-order valence-corrected chi connectivity index (χ4v) is 3.26. The van der Waals surface area contributed by atoms with Crippen LogP contribution >= 0.6 is 24.2 Å². The van der Waals surface area contributed by atoms with Crippen molar-refractivity contribution in [1.82, 2.24) is 10.6 Å². The van der Waals surface area contributed by atoms with Crippen molar-refractivity contribution in [2.75, 3.05) is 12.3 Å². The van der Waals surface area contributed by atoms with Gasteiger partial charge in [0.1, 0.15) is 0 Å². The van der Waals surface area contributed by atoms with E-state index >= 15 is 0 Å². The van der Waals surface area contributed by atoms with Crippen molar-refractivity contribution in [3.63, 3.8) is 0 Å². The molecule has 0 aromatic carbocycles. The molecular weight excluding hydrogens is 268 g/mol. The highest BCUT2D eigenvalue weighted by Gasteiger charge is 2.26. The second-order valence-corrected chi connectivity index (χ2v) is 6.62. The van der Waals surface area contributed by atoms with E-state index in [1.807, 2.05) is 0 Å². The highest BCUT2D eigenvalue weighted by Crippen LogP contribution is 2.20. The number of thioether (sulfide) groups is 1. The van der Waals surface area contributed by atoms with Crippen molar-refractivity contribution >= 4 is 30.1 Å². The largest absolute Gasteiger partial charge is 0.352 e. The third-order valence-corrected chi connectivity index (χ3v) is 4.63. The summed E-state index contributed by atoms with van der Waals surface area (Å²) in [7, 11) is 0. The maximum absolute atomic E-state index is 12.2. The minimum atomic E-state index is 0. The fraction of sp³-hybridized carbons (Fsp3) is 0.923. The van der Waals surface area contributed by atoms with Crippen molar-refractivity contribution in [3.05, 3.63) is 0 Å². The van der Waals surface area contributed by atoms with Crippen LogP contribution in [0.5, 0.6) is 0 Å². The Balaban J connectivity index is 0.00000289. The molecule has 18 heavy (non-hydrogen) atoms. The number of carbonyl (C=O) groups excluding carboxylic acids is 1. The maximum Gasteiger partial charge on any atom is 0.233 e. The first-order valence-electron chi connectivity index (χ1n) is 6.70. The van der Waals surface area contributed by atoms with E-state index in [4.69, 9.17) is 0 Å². The minimum absolute atomic E-state index is 0. The highest BCUT2D eigenvalue weighted by atomic mass is 35.5. The highest BCUT2D eigenvalue weighted by molar-refractivity contribution is 8.00. The first-order chi connectivity index (χ1) is 8.04. The van der Waals surface area contributed by atoms with E-state index in [0.717, 1.165) is 25.1 Å². The van der Waals surface area contributed by atoms with Crippen LogP contribution in [0.3, 0.4) is 0 Å². The number of amides is 1. The molecule has 1 aliphatic heterocycles. The Hall–Kier alpha value is 0.0700. The van der Waals surface area contributed by atoms with Gasteiger partial charge in [-0.25, -0.2) is 0 Å². The summed E-state index contributed by atoms with van der Waals surface area (Å²) >= 11 is 1.75. The van der Waals surface area contributed by atoms with E-state index < -0.39 is 0 Å². The van der Waals surface area contributed by atoms with E-state index in [-0.39, 0.29) is 23.6 Å². The van der Waals surface area contributed by atoms with Crippen LogP contribution in [-0.4, -0.2) is 35.5 Å². The molecule has 2 N–H and O–H groups in total. The van der Waals surface area contributed by atoms with Gasteiger partial charge in [0, 0.05) is 12.1 Å². The first-order valence-corrected chi connectivity index (χ1v) is 7.74. The molecule has 1 fully saturated rings. The predicted molar refractivity (Wildman–Crippen MR) is 82.6 cm³/mol. The number of nitrogens with one attached hydrogen (secondary N) is 2. The zero-order valence-electron chi connectivity index (χ0n) is 11.9. The lowest BCUT2D eigenvalue weighted by Crippen LogP contribution is -2.49. The standard InChI is InChI=1S/C13H26N2OS.ClH/c1-5-17-12(9(2)3)13(16)15-11-6-7-14-10(4)8-11;/h9-12,14H,5-8H2,1-4H3,(H,15,16);1H. The van der Waals surface area contributed by atoms with Crippen molar-refractivity contribution < 1.29 is 4.79 Å². The average molecular weight is 295 g/mol. The minimum Gasteiger partial charge on any atom is -0.352 e. The van der Waals surface area contributed by atoms with Crippen LogP contribution in [0.2, 0.25) is 0 Å². The molecule has 5 heteroatoms. The smallest absolute Gasteiger partial charge is 0.233 e. The lowest BCUT2D eigenvalue weighted by atomic mass is 10.00. The normalized spacial score (nSPS) is 25.4. The summed E-state index contributed by atoms with van der Waals surface area (Å²) in [4.78, 5) is 12.2. The summed E-state index contributed by atoms with van der Waals surface area (Å²) < 4.78 is 0. The van der Waals surface area contributed by atoms with Gasteiger partial charge in [-0.2, -0.15) is 0 Å². The molecule has 0 bridgehead atoms. The van der Waals surface area contributed by atoms with Crippen molar-refractivity contribution in [1.29, 1.82) is 0 Å². The van der Waals surface area contributed by atoms with Crippen LogP contribution in [0.15, 0.2) is 0 Å². The van der Waals surface area contributed by atoms with Crippen LogP contribution in [0.4, 0.5) is 0 Å². The quantitative estimate of drug-likeness (QED) is 0.818. The van der Waals surface area contributed by atoms with E-state index in [2.05, 4.69) is 38.3 Å². The van der Waals surface area contributed by atoms with Gasteiger partial charge >= 0.3 is 0 Å². The number of rotatable bonds is 5. The molecule has 3 atom stereocenters. The first kappa shape index (κ1) is 18.1. The number of halogens is 1. The second-order valence-electron chi connectivity index (χ2n) is 5.21. The molecule has 0 spiro atoms. The second kappa shape index (κ2) is 9.05. The Morgan fingerprint density at radius 2 is 2.17 bits per heavy atom. The predicted octanol–water partition coefficient (Wildman–Crippen LogP) is 2.44. The zero-order chi connectivity index (χ0) is 12.8. The molecule has 1 amide bonds. The number of carbonyl (C=O) groups is 1. The molecule has 0 aliphatic carbocycles. The molecule has 1 aliphatic rings. The number of hydrogen-bond donors (Lipinski definition) is 2. The van der Waals surface area contributed by atoms with E-state index in [1.54, 1.807) is 11.8 Å². The third-order valence-electron chi connectivity index (χ3n) is 3.18. The van der Waals surface area contributed by atoms with Crippen molar-refractivity contribution in [2.45, 2.75) is 57.9 Å². The van der Waals surface area contributed by atoms with Gasteiger partial charge in [0.2, 0.25) is 5.91 Å². The van der Waals surface area contributed by atoms with Gasteiger partial charge in [0.25, 0.3) is 0 Å². The maximum atomic E-state index is 12.2. The topological polar surface area (TPSA) is 41.1 Å². The van der Waals surface area contributed by atoms with Crippen LogP contribution < -0.4 is 10.6 Å². The van der Waals surface area contributed by atoms with Gasteiger partial charge in [0.05, 0.1) is 5.25 Å². The molecule has 0 saturated carbocycles. The summed E-state index contributed by atoms with van der Waals surface area (Å²) in [6.07, 6.45) is 2.10. The van der Waals surface area contributed by atoms with Crippen LogP contribution in [0.1, 0.15) is 40.5 Å². The molecule has 108 valence electrons. The molecular formula is C13H27ClN2OS. The molecule has 1 rings (SSSR count). The molecule has 0 radical (unpaired) electrons. The van der Waals surface area contributed by atoms with Gasteiger partial charge in [-0.3, -0.25) is 4.79 Å². The van der Waals surface area contributed by atoms with E-state index in [0.29, 0.717) is 18.0 Å². The average Bonchev–Trinajstić information content (AvgIpc) is 2.25. The zero-order valence-corrected chi connectivity index (χ0v) is 13.5. The molecule has 3 unspecified atom stereocenters. The van der Waals surface area contributed by atoms with Crippen LogP contribution in [0.25, 0.3) is 0 Å². The Morgan fingerprint density at radius 1 is 1.50 bits per heavy atom. The SMILES string of the molecule is CCSC(C(=O)NC1CCNC(C)C1)C(C)C.Cl. The number of hydrogen-bond acceptors (Lipinski definition) is 3. The Morgan fingerprint density at radius 3 is 2.67 bits per heavy atom. The van der Waals surface area contributed by atoms with Gasteiger partial charge in [-0.15, -0.1) is 24.2 Å². The van der Waals surface area contributed by atoms with Crippen molar-refractivity contribution in [2.24, 2.45) is 5.92 Å². The van der Waals surface area contributed by atoms with Gasteiger partial charge < -0.3 is 10.6 Å². The Kier molecular flexibility index (Phi) is 9.09. The van der Waals surface area contributed by atoms with E-state index in [9.17, 15) is 4.79 Å². The molecule has 1 saturated heterocycles. The number of piperidine rings is 1. The lowest BCUT2D eigenvalue weighted by Gasteiger charge is -2.30. The summed E-state index contributed by atoms with van der Waals surface area (Å²) in [6.45, 7) is 9.55. The molecule has 1 heterocycles. The molecule has 0 aromatic heterocycles. The fourth-order valence-electron chi connectivity index (χ4n) is 2.30. The van der Waals surface area contributed by atoms with Crippen LogP contribution in [-0.2, 0) is 4.79 Å². The summed E-state index contributed by atoms with van der Waals surface area (Å²) in [5.74, 6) is 1.63. The Labute approximate surface area is 122 Å². The van der Waals surface area contributed by atoms with Crippen LogP contribution in [0, 0.1) is 5.92 Å². The summed E-state index contributed by atoms with van der Waals surface area (Å²) in [5, 5.41) is 6.72. The van der Waals surface area contributed by atoms with Gasteiger partial charge in [-0.1, -0.05) is 20.8 Å². The summed E-state index contributed by atoms with van der Waals surface area (Å²) in [5.41, 5.74) is 0. The molecule has 3 nitrogen and oxygen atoms in total. The van der Waals surface area contributed by atoms with Gasteiger partial charge in [-0.05, 0) is 38.0 Å². The lowest BCUT2D eigenvalue weighted by molar-refractivity contribution is -0.122. The van der Waals surface area contributed by atoms with Crippen molar-refractivity contribution in [3.8, 4) is 0 Å². The monoisotopic (exact) mass is 294 g/mol. The Bertz CT molecular complexity index is 251. The van der Waals surface area contributed by atoms with Gasteiger partial charge in [0.15, 0.2) is 0 Å². The third kappa shape index (κ3) is 5.81.